The van der Waals surface area contributed by atoms with Crippen molar-refractivity contribution in [1.82, 2.24) is 0 Å². The fourth-order valence-corrected chi connectivity index (χ4v) is 17.9. The first-order valence-electron chi connectivity index (χ1n) is 8.42. The molecule has 0 bridgehead atoms. The van der Waals surface area contributed by atoms with Crippen molar-refractivity contribution < 1.29 is 17.4 Å². The highest BCUT2D eigenvalue weighted by molar-refractivity contribution is 6.85. The van der Waals surface area contributed by atoms with Crippen molar-refractivity contribution >= 4 is 33.5 Å². The number of allylic oxidation sites excluding steroid dienone is 1. The molecule has 0 fully saturated rings. The molecule has 1 unspecified atom stereocenters. The number of hydrogen-bond acceptors (Lipinski definition) is 4. The molecule has 0 amide bonds. The van der Waals surface area contributed by atoms with Gasteiger partial charge in [-0.2, -0.15) is 0 Å². The van der Waals surface area contributed by atoms with E-state index in [0.29, 0.717) is 12.5 Å². The van der Waals surface area contributed by atoms with Crippen LogP contribution >= 0.6 is 0 Å². The van der Waals surface area contributed by atoms with E-state index < -0.39 is 33.5 Å². The Morgan fingerprint density at radius 3 is 1.65 bits per heavy atom. The second kappa shape index (κ2) is 8.59. The largest absolute Gasteiger partial charge is 0.497 e. The Hall–Kier alpha value is 0.288. The quantitative estimate of drug-likeness (QED) is 0.365. The molecule has 4 nitrogen and oxygen atoms in total. The van der Waals surface area contributed by atoms with Gasteiger partial charge in [0.15, 0.2) is 25.0 Å². The van der Waals surface area contributed by atoms with Crippen molar-refractivity contribution in [2.75, 3.05) is 12.5 Å². The molecule has 0 aromatic heterocycles. The first-order valence-corrected chi connectivity index (χ1v) is 20.9. The number of rotatable bonds is 11. The van der Waals surface area contributed by atoms with Gasteiger partial charge in [0, 0.05) is 6.42 Å². The summed E-state index contributed by atoms with van der Waals surface area (Å²) in [6.07, 6.45) is 1.98. The summed E-state index contributed by atoms with van der Waals surface area (Å²) in [6, 6.07) is 0. The van der Waals surface area contributed by atoms with E-state index in [1.807, 2.05) is 6.92 Å². The molecule has 1 atom stereocenters. The molecule has 0 spiro atoms. The van der Waals surface area contributed by atoms with Crippen LogP contribution in [0.1, 0.15) is 13.3 Å². The molecule has 0 radical (unpaired) electrons. The van der Waals surface area contributed by atoms with Gasteiger partial charge in [-0.15, -0.1) is 0 Å². The molecule has 138 valence electrons. The van der Waals surface area contributed by atoms with Crippen molar-refractivity contribution in [2.24, 2.45) is 0 Å². The Bertz CT molecular complexity index is 388. The van der Waals surface area contributed by atoms with E-state index in [4.69, 9.17) is 17.4 Å². The van der Waals surface area contributed by atoms with E-state index in [0.717, 1.165) is 12.2 Å². The third-order valence-electron chi connectivity index (χ3n) is 2.76. The first-order chi connectivity index (χ1) is 10.1. The summed E-state index contributed by atoms with van der Waals surface area (Å²) in [5.41, 5.74) is 0. The zero-order valence-electron chi connectivity index (χ0n) is 17.0. The van der Waals surface area contributed by atoms with Crippen molar-refractivity contribution in [2.45, 2.75) is 72.3 Å². The van der Waals surface area contributed by atoms with Crippen molar-refractivity contribution in [3.05, 3.63) is 12.3 Å². The zero-order valence-corrected chi connectivity index (χ0v) is 21.0. The van der Waals surface area contributed by atoms with Crippen LogP contribution in [0.15, 0.2) is 12.3 Å². The average molecular weight is 395 g/mol. The highest BCUT2D eigenvalue weighted by Gasteiger charge is 2.41. The average Bonchev–Trinajstić information content (AvgIpc) is 2.29. The summed E-state index contributed by atoms with van der Waals surface area (Å²) in [4.78, 5) is 0. The Kier molecular flexibility index (Phi) is 8.70. The smallest absolute Gasteiger partial charge is 0.363 e. The Balaban J connectivity index is 4.91. The molecule has 0 aromatic rings. The van der Waals surface area contributed by atoms with Gasteiger partial charge in [0.25, 0.3) is 0 Å². The Morgan fingerprint density at radius 2 is 1.26 bits per heavy atom. The molecular weight excluding hydrogens is 357 g/mol. The maximum absolute atomic E-state index is 6.41. The van der Waals surface area contributed by atoms with Crippen LogP contribution in [0.4, 0.5) is 0 Å². The van der Waals surface area contributed by atoms with Gasteiger partial charge < -0.3 is 17.4 Å². The summed E-state index contributed by atoms with van der Waals surface area (Å²) in [6.45, 7) is 25.8. The van der Waals surface area contributed by atoms with Gasteiger partial charge in [0.1, 0.15) is 6.23 Å². The topological polar surface area (TPSA) is 36.9 Å². The minimum absolute atomic E-state index is 0.501. The molecule has 0 saturated carbocycles. The normalized spacial score (nSPS) is 16.1. The summed E-state index contributed by atoms with van der Waals surface area (Å²) in [7, 11) is -7.52. The number of ether oxygens (including phenoxy) is 1. The Labute approximate surface area is 148 Å². The fourth-order valence-electron chi connectivity index (χ4n) is 2.27. The predicted molar refractivity (Wildman–Crippen MR) is 109 cm³/mol. The monoisotopic (exact) mass is 394 g/mol. The lowest BCUT2D eigenvalue weighted by atomic mass is 10.4. The molecular formula is C15H38O4Si4. The summed E-state index contributed by atoms with van der Waals surface area (Å²) < 4.78 is 24.9. The van der Waals surface area contributed by atoms with Gasteiger partial charge in [0.05, 0.1) is 12.0 Å². The van der Waals surface area contributed by atoms with Crippen LogP contribution in [0.3, 0.4) is 0 Å². The van der Waals surface area contributed by atoms with Crippen LogP contribution in [0, 0.1) is 0 Å². The van der Waals surface area contributed by atoms with Crippen LogP contribution in [0.2, 0.25) is 58.9 Å². The van der Waals surface area contributed by atoms with E-state index in [1.54, 1.807) is 0 Å². The zero-order chi connectivity index (χ0) is 18.5. The van der Waals surface area contributed by atoms with E-state index in [9.17, 15) is 0 Å². The first kappa shape index (κ1) is 23.3. The molecule has 0 aliphatic heterocycles. The van der Waals surface area contributed by atoms with Crippen molar-refractivity contribution in [1.29, 1.82) is 0 Å². The van der Waals surface area contributed by atoms with E-state index in [2.05, 4.69) is 65.5 Å². The van der Waals surface area contributed by atoms with Gasteiger partial charge in [-0.25, -0.2) is 0 Å². The fraction of sp³-hybridized carbons (Fsp3) is 0.867. The maximum Gasteiger partial charge on any atom is 0.363 e. The van der Waals surface area contributed by atoms with Crippen LogP contribution in [0.5, 0.6) is 0 Å². The third kappa shape index (κ3) is 12.3. The lowest BCUT2D eigenvalue weighted by molar-refractivity contribution is 0.184. The molecule has 23 heavy (non-hydrogen) atoms. The molecule has 0 heterocycles. The minimum Gasteiger partial charge on any atom is -0.497 e. The highest BCUT2D eigenvalue weighted by atomic mass is 28.4. The van der Waals surface area contributed by atoms with Gasteiger partial charge in [-0.05, 0) is 58.9 Å². The van der Waals surface area contributed by atoms with Crippen molar-refractivity contribution in [3.8, 4) is 0 Å². The predicted octanol–water partition coefficient (Wildman–Crippen LogP) is 5.00. The van der Waals surface area contributed by atoms with Gasteiger partial charge in [-0.1, -0.05) is 13.5 Å². The summed E-state index contributed by atoms with van der Waals surface area (Å²) in [5.74, 6) is 0.793. The van der Waals surface area contributed by atoms with Crippen molar-refractivity contribution in [3.63, 3.8) is 0 Å². The van der Waals surface area contributed by atoms with E-state index >= 15 is 0 Å². The minimum atomic E-state index is -2.40. The van der Waals surface area contributed by atoms with Crippen LogP contribution in [0.25, 0.3) is 0 Å². The van der Waals surface area contributed by atoms with E-state index in [1.165, 1.54) is 0 Å². The van der Waals surface area contributed by atoms with Gasteiger partial charge in [-0.3, -0.25) is 0 Å². The Morgan fingerprint density at radius 1 is 0.783 bits per heavy atom. The number of hydrogen-bond donors (Lipinski definition) is 0. The lowest BCUT2D eigenvalue weighted by Crippen LogP contribution is -2.55. The molecule has 0 aliphatic rings. The SMILES string of the molecule is C=C(CC)OC[Si](C)(OC[Si](C)(C)O[Si](C)(C)C)O[Si](C)(C)C. The molecule has 0 saturated heterocycles. The van der Waals surface area contributed by atoms with Gasteiger partial charge >= 0.3 is 8.56 Å². The van der Waals surface area contributed by atoms with Crippen LogP contribution in [-0.4, -0.2) is 46.0 Å². The maximum atomic E-state index is 6.41. The standard InChI is InChI=1S/C15H38O4Si4/c1-12-15(2)16-13-23(11,19-21(6,7)8)17-14-22(9,10)18-20(3,4)5/h2,12-14H2,1,3-11H3. The van der Waals surface area contributed by atoms with Gasteiger partial charge in [0.2, 0.25) is 0 Å². The molecule has 0 N–H and O–H groups in total. The highest BCUT2D eigenvalue weighted by Crippen LogP contribution is 2.21. The lowest BCUT2D eigenvalue weighted by Gasteiger charge is -2.37. The molecule has 0 aromatic carbocycles. The second-order valence-electron chi connectivity index (χ2n) is 8.79. The van der Waals surface area contributed by atoms with Crippen LogP contribution in [-0.2, 0) is 17.4 Å². The van der Waals surface area contributed by atoms with Crippen LogP contribution < -0.4 is 0 Å². The summed E-state index contributed by atoms with van der Waals surface area (Å²) in [5, 5.41) is 0. The summed E-state index contributed by atoms with van der Waals surface area (Å²) >= 11 is 0. The van der Waals surface area contributed by atoms with E-state index in [-0.39, 0.29) is 0 Å². The second-order valence-corrected chi connectivity index (χ2v) is 25.5. The molecule has 0 aliphatic carbocycles. The third-order valence-corrected chi connectivity index (χ3v) is 14.2. The molecule has 0 rings (SSSR count). The molecule has 8 heteroatoms.